The number of aliphatic hydroxyl groups excluding tert-OH is 1. The normalized spacial score (nSPS) is 25.7. The van der Waals surface area contributed by atoms with Gasteiger partial charge in [-0.15, -0.1) is 0 Å². The summed E-state index contributed by atoms with van der Waals surface area (Å²) in [6.45, 7) is 6.92. The number of aliphatic hydroxyl groups is 1. The smallest absolute Gasteiger partial charge is 0.308 e. The lowest BCUT2D eigenvalue weighted by Crippen LogP contribution is -2.68. The number of aromatic hydroxyl groups is 1. The fraction of sp³-hybridized carbons (Fsp3) is 0.548. The number of fused-ring (bicyclic) bond motifs is 9. The predicted octanol–water partition coefficient (Wildman–Crippen LogP) is 3.21. The SMILES string of the molecule is CCCC(=O)OC[C@H]1c2c(c(OC(C)=O)c(C)c3c2OCO3)CC2C3c4c(cc(C)c(OC)c4O)CC([C@H](O)N21)N3C. The summed E-state index contributed by atoms with van der Waals surface area (Å²) in [7, 11) is 3.49. The highest BCUT2D eigenvalue weighted by molar-refractivity contribution is 5.74. The van der Waals surface area contributed by atoms with E-state index >= 15 is 0 Å². The number of hydrogen-bond acceptors (Lipinski definition) is 11. The lowest BCUT2D eigenvalue weighted by atomic mass is 9.73. The van der Waals surface area contributed by atoms with E-state index in [0.29, 0.717) is 53.4 Å². The van der Waals surface area contributed by atoms with Gasteiger partial charge in [0.05, 0.1) is 25.2 Å². The van der Waals surface area contributed by atoms with Crippen LogP contribution in [-0.4, -0.2) is 77.8 Å². The summed E-state index contributed by atoms with van der Waals surface area (Å²) in [6, 6.07) is 0.348. The van der Waals surface area contributed by atoms with Gasteiger partial charge < -0.3 is 33.9 Å². The number of esters is 2. The van der Waals surface area contributed by atoms with Gasteiger partial charge in [0.1, 0.15) is 18.6 Å². The number of hydrogen-bond donors (Lipinski definition) is 2. The molecule has 0 radical (unpaired) electrons. The highest BCUT2D eigenvalue weighted by Gasteiger charge is 2.56. The molecule has 6 rings (SSSR count). The maximum Gasteiger partial charge on any atom is 0.308 e. The molecule has 5 atom stereocenters. The minimum Gasteiger partial charge on any atom is -0.504 e. The molecule has 0 amide bonds. The number of rotatable bonds is 6. The lowest BCUT2D eigenvalue weighted by molar-refractivity contribution is -0.183. The van der Waals surface area contributed by atoms with Crippen molar-refractivity contribution in [3.8, 4) is 28.7 Å². The first-order valence-electron chi connectivity index (χ1n) is 14.4. The third-order valence-electron chi connectivity index (χ3n) is 9.20. The van der Waals surface area contributed by atoms with Gasteiger partial charge in [-0.2, -0.15) is 0 Å². The monoisotopic (exact) mass is 582 g/mol. The summed E-state index contributed by atoms with van der Waals surface area (Å²) in [6.07, 6.45) is 0.842. The Balaban J connectivity index is 1.57. The number of carbonyl (C=O) groups excluding carboxylic acids is 2. The molecule has 0 saturated carbocycles. The molecule has 1 saturated heterocycles. The number of carbonyl (C=O) groups is 2. The van der Waals surface area contributed by atoms with Crippen LogP contribution >= 0.6 is 0 Å². The van der Waals surface area contributed by atoms with Crippen LogP contribution in [0.15, 0.2) is 6.07 Å². The molecule has 226 valence electrons. The Morgan fingerprint density at radius 1 is 1.10 bits per heavy atom. The van der Waals surface area contributed by atoms with Gasteiger partial charge in [0.25, 0.3) is 0 Å². The first kappa shape index (κ1) is 28.6. The van der Waals surface area contributed by atoms with Gasteiger partial charge in [0.15, 0.2) is 23.0 Å². The molecule has 0 aliphatic carbocycles. The van der Waals surface area contributed by atoms with E-state index in [1.165, 1.54) is 14.0 Å². The molecule has 11 heteroatoms. The predicted molar refractivity (Wildman–Crippen MR) is 150 cm³/mol. The van der Waals surface area contributed by atoms with Crippen molar-refractivity contribution in [2.45, 2.75) is 83.8 Å². The maximum absolute atomic E-state index is 12.6. The van der Waals surface area contributed by atoms with Crippen LogP contribution in [0.4, 0.5) is 0 Å². The quantitative estimate of drug-likeness (QED) is 0.385. The standard InChI is InChI=1S/C31H38N2O9/c1-7-8-22(35)39-12-21-24-18(28(42-16(4)34)15(3)29-30(24)41-13-40-29)11-19-25-23-17(9-14(2)27(38-6)26(23)36)10-20(32(25)5)31(37)33(19)21/h9,19-21,25,31,36-37H,7-8,10-13H2,1-6H3/t19?,20?,21-,25?,31-/m0/s1. The highest BCUT2D eigenvalue weighted by atomic mass is 16.7. The van der Waals surface area contributed by atoms with Crippen molar-refractivity contribution in [2.75, 3.05) is 27.6 Å². The Hall–Kier alpha value is -3.54. The molecule has 2 aromatic carbocycles. The molecule has 42 heavy (non-hydrogen) atoms. The molecule has 4 aliphatic rings. The summed E-state index contributed by atoms with van der Waals surface area (Å²) in [5.41, 5.74) is 4.56. The van der Waals surface area contributed by atoms with E-state index in [1.807, 2.05) is 38.8 Å². The van der Waals surface area contributed by atoms with Gasteiger partial charge in [-0.1, -0.05) is 13.0 Å². The number of piperazine rings is 1. The molecule has 2 aromatic rings. The largest absolute Gasteiger partial charge is 0.504 e. The second-order valence-corrected chi connectivity index (χ2v) is 11.6. The van der Waals surface area contributed by atoms with Crippen LogP contribution in [0.25, 0.3) is 0 Å². The molecule has 4 heterocycles. The van der Waals surface area contributed by atoms with Gasteiger partial charge in [-0.25, -0.2) is 0 Å². The van der Waals surface area contributed by atoms with E-state index in [9.17, 15) is 19.8 Å². The van der Waals surface area contributed by atoms with Crippen LogP contribution in [0.2, 0.25) is 0 Å². The first-order chi connectivity index (χ1) is 20.1. The molecule has 11 nitrogen and oxygen atoms in total. The third kappa shape index (κ3) is 4.20. The number of nitrogens with zero attached hydrogens (tertiary/aromatic N) is 2. The zero-order valence-electron chi connectivity index (χ0n) is 24.9. The summed E-state index contributed by atoms with van der Waals surface area (Å²) >= 11 is 0. The van der Waals surface area contributed by atoms with E-state index in [1.54, 1.807) is 0 Å². The van der Waals surface area contributed by atoms with Crippen LogP contribution < -0.4 is 18.9 Å². The maximum atomic E-state index is 12.6. The number of ether oxygens (including phenoxy) is 5. The van der Waals surface area contributed by atoms with Gasteiger partial charge >= 0.3 is 11.9 Å². The molecular formula is C31H38N2O9. The zero-order chi connectivity index (χ0) is 30.0. The van der Waals surface area contributed by atoms with Crippen molar-refractivity contribution >= 4 is 11.9 Å². The highest BCUT2D eigenvalue weighted by Crippen LogP contribution is 2.58. The van der Waals surface area contributed by atoms with Crippen molar-refractivity contribution in [1.29, 1.82) is 0 Å². The van der Waals surface area contributed by atoms with Crippen molar-refractivity contribution < 1.29 is 43.5 Å². The molecule has 4 aliphatic heterocycles. The number of benzene rings is 2. The fourth-order valence-corrected chi connectivity index (χ4v) is 7.53. The Kier molecular flexibility index (Phi) is 7.23. The summed E-state index contributed by atoms with van der Waals surface area (Å²) < 4.78 is 29.0. The number of aryl methyl sites for hydroxylation is 1. The summed E-state index contributed by atoms with van der Waals surface area (Å²) in [4.78, 5) is 29.0. The number of phenolic OH excluding ortho intramolecular Hbond substituents is 1. The van der Waals surface area contributed by atoms with Crippen LogP contribution in [0.5, 0.6) is 28.7 Å². The van der Waals surface area contributed by atoms with Crippen LogP contribution in [0.3, 0.4) is 0 Å². The second kappa shape index (κ2) is 10.6. The lowest BCUT2D eigenvalue weighted by Gasteiger charge is -2.60. The zero-order valence-corrected chi connectivity index (χ0v) is 24.9. The van der Waals surface area contributed by atoms with E-state index < -0.39 is 24.3 Å². The van der Waals surface area contributed by atoms with Gasteiger partial charge in [0.2, 0.25) is 6.79 Å². The topological polar surface area (TPSA) is 127 Å². The van der Waals surface area contributed by atoms with E-state index in [4.69, 9.17) is 23.7 Å². The van der Waals surface area contributed by atoms with E-state index in [0.717, 1.165) is 22.3 Å². The number of phenols is 1. The molecule has 2 N–H and O–H groups in total. The Morgan fingerprint density at radius 3 is 2.52 bits per heavy atom. The average Bonchev–Trinajstić information content (AvgIpc) is 3.43. The first-order valence-corrected chi connectivity index (χ1v) is 14.4. The van der Waals surface area contributed by atoms with Crippen LogP contribution in [0.1, 0.15) is 72.2 Å². The number of likely N-dealkylation sites (N-methyl/N-ethyl adjacent to an activating group) is 1. The summed E-state index contributed by atoms with van der Waals surface area (Å²) in [5, 5.41) is 23.6. The Labute approximate surface area is 244 Å². The minimum absolute atomic E-state index is 0.00512. The van der Waals surface area contributed by atoms with E-state index in [-0.39, 0.29) is 43.6 Å². The molecular weight excluding hydrogens is 544 g/mol. The van der Waals surface area contributed by atoms with Gasteiger partial charge in [-0.3, -0.25) is 19.4 Å². The van der Waals surface area contributed by atoms with Crippen molar-refractivity contribution in [1.82, 2.24) is 9.80 Å². The molecule has 0 aromatic heterocycles. The average molecular weight is 583 g/mol. The minimum atomic E-state index is -0.937. The van der Waals surface area contributed by atoms with Crippen molar-refractivity contribution in [2.24, 2.45) is 0 Å². The second-order valence-electron chi connectivity index (χ2n) is 11.6. The molecule has 3 unspecified atom stereocenters. The van der Waals surface area contributed by atoms with Gasteiger partial charge in [-0.05, 0) is 51.3 Å². The Bertz CT molecular complexity index is 1460. The van der Waals surface area contributed by atoms with Crippen LogP contribution in [0, 0.1) is 13.8 Å². The van der Waals surface area contributed by atoms with E-state index in [2.05, 4.69) is 4.90 Å². The Morgan fingerprint density at radius 2 is 1.83 bits per heavy atom. The molecule has 2 bridgehead atoms. The molecule has 1 fully saturated rings. The molecule has 0 spiro atoms. The van der Waals surface area contributed by atoms with Crippen molar-refractivity contribution in [3.05, 3.63) is 39.4 Å². The number of methoxy groups -OCH3 is 1. The fourth-order valence-electron chi connectivity index (χ4n) is 7.53. The van der Waals surface area contributed by atoms with Crippen LogP contribution in [-0.2, 0) is 27.2 Å². The third-order valence-corrected chi connectivity index (χ3v) is 9.20. The van der Waals surface area contributed by atoms with Crippen molar-refractivity contribution in [3.63, 3.8) is 0 Å². The summed E-state index contributed by atoms with van der Waals surface area (Å²) in [5.74, 6) is 1.04. The van der Waals surface area contributed by atoms with Gasteiger partial charge in [0, 0.05) is 41.6 Å².